The first kappa shape index (κ1) is 13.6. The fourth-order valence-electron chi connectivity index (χ4n) is 0.581. The van der Waals surface area contributed by atoms with Crippen molar-refractivity contribution in [3.8, 4) is 0 Å². The lowest BCUT2D eigenvalue weighted by Crippen LogP contribution is -1.95. The molecule has 0 aliphatic rings. The lowest BCUT2D eigenvalue weighted by molar-refractivity contribution is 0.0697. The predicted molar refractivity (Wildman–Crippen MR) is 55.3 cm³/mol. The third kappa shape index (κ3) is 7.65. The molecule has 1 aromatic rings. The van der Waals surface area contributed by atoms with Crippen molar-refractivity contribution in [1.82, 2.24) is 0 Å². The van der Waals surface area contributed by atoms with Gasteiger partial charge < -0.3 is 5.11 Å². The minimum atomic E-state index is -3.16. The Bertz CT molecular complexity index is 396. The SMILES string of the molecule is COS(C)(=O)=O.O=C(O)c1ccccc1. The maximum atomic E-state index is 10.2. The van der Waals surface area contributed by atoms with Gasteiger partial charge in [-0.1, -0.05) is 18.2 Å². The summed E-state index contributed by atoms with van der Waals surface area (Å²) >= 11 is 0. The standard InChI is InChI=1S/C7H6O2.C2H6O3S/c8-7(9)6-4-2-1-3-5-6;1-5-6(2,3)4/h1-5H,(H,8,9);1-2H3. The molecular formula is C9H12O5S. The van der Waals surface area contributed by atoms with E-state index in [0.29, 0.717) is 5.56 Å². The average molecular weight is 232 g/mol. The Hall–Kier alpha value is -1.40. The first-order valence-corrected chi connectivity index (χ1v) is 5.72. The summed E-state index contributed by atoms with van der Waals surface area (Å²) in [5, 5.41) is 8.38. The molecule has 0 radical (unpaired) electrons. The molecule has 5 nitrogen and oxygen atoms in total. The number of hydrogen-bond donors (Lipinski definition) is 1. The quantitative estimate of drug-likeness (QED) is 0.769. The van der Waals surface area contributed by atoms with E-state index in [0.717, 1.165) is 13.4 Å². The summed E-state index contributed by atoms with van der Waals surface area (Å²) in [4.78, 5) is 10.2. The van der Waals surface area contributed by atoms with Crippen LogP contribution in [0.1, 0.15) is 10.4 Å². The number of benzene rings is 1. The first-order valence-electron chi connectivity index (χ1n) is 3.90. The highest BCUT2D eigenvalue weighted by atomic mass is 32.2. The molecule has 0 unspecified atom stereocenters. The van der Waals surface area contributed by atoms with E-state index in [-0.39, 0.29) is 0 Å². The van der Waals surface area contributed by atoms with Crippen LogP contribution in [-0.4, -0.2) is 32.9 Å². The van der Waals surface area contributed by atoms with Gasteiger partial charge in [-0.2, -0.15) is 8.42 Å². The van der Waals surface area contributed by atoms with Crippen LogP contribution in [0.25, 0.3) is 0 Å². The monoisotopic (exact) mass is 232 g/mol. The minimum Gasteiger partial charge on any atom is -0.478 e. The minimum absolute atomic E-state index is 0.331. The lowest BCUT2D eigenvalue weighted by atomic mass is 10.2. The Balaban J connectivity index is 0.000000288. The van der Waals surface area contributed by atoms with Gasteiger partial charge in [0.15, 0.2) is 0 Å². The molecule has 0 aliphatic heterocycles. The number of carboxylic acid groups (broad SMARTS) is 1. The van der Waals surface area contributed by atoms with E-state index in [1.54, 1.807) is 30.3 Å². The molecule has 0 saturated heterocycles. The van der Waals surface area contributed by atoms with E-state index in [2.05, 4.69) is 4.18 Å². The van der Waals surface area contributed by atoms with Crippen molar-refractivity contribution in [1.29, 1.82) is 0 Å². The molecule has 0 spiro atoms. The van der Waals surface area contributed by atoms with E-state index in [1.807, 2.05) is 0 Å². The molecule has 1 N–H and O–H groups in total. The van der Waals surface area contributed by atoms with E-state index in [4.69, 9.17) is 5.11 Å². The number of rotatable bonds is 2. The van der Waals surface area contributed by atoms with Crippen molar-refractivity contribution in [2.24, 2.45) is 0 Å². The second-order valence-electron chi connectivity index (χ2n) is 2.54. The molecule has 0 aromatic heterocycles. The van der Waals surface area contributed by atoms with Crippen LogP contribution >= 0.6 is 0 Å². The highest BCUT2D eigenvalue weighted by molar-refractivity contribution is 7.85. The molecule has 0 heterocycles. The molecule has 1 rings (SSSR count). The van der Waals surface area contributed by atoms with Gasteiger partial charge in [-0.05, 0) is 12.1 Å². The van der Waals surface area contributed by atoms with Crippen molar-refractivity contribution in [2.45, 2.75) is 0 Å². The summed E-state index contributed by atoms with van der Waals surface area (Å²) in [7, 11) is -2.04. The van der Waals surface area contributed by atoms with Crippen LogP contribution in [0.5, 0.6) is 0 Å². The second-order valence-corrected chi connectivity index (χ2v) is 4.28. The number of hydrogen-bond acceptors (Lipinski definition) is 4. The number of carbonyl (C=O) groups is 1. The molecule has 0 bridgehead atoms. The fourth-order valence-corrected chi connectivity index (χ4v) is 0.581. The van der Waals surface area contributed by atoms with Gasteiger partial charge in [0.2, 0.25) is 0 Å². The van der Waals surface area contributed by atoms with Crippen molar-refractivity contribution in [3.05, 3.63) is 35.9 Å². The highest BCUT2D eigenvalue weighted by Crippen LogP contribution is 1.96. The van der Waals surface area contributed by atoms with Gasteiger partial charge in [0.25, 0.3) is 10.1 Å². The van der Waals surface area contributed by atoms with Gasteiger partial charge in [0.1, 0.15) is 0 Å². The number of aromatic carboxylic acids is 1. The van der Waals surface area contributed by atoms with E-state index < -0.39 is 16.1 Å². The summed E-state index contributed by atoms with van der Waals surface area (Å²) in [6.45, 7) is 0. The summed E-state index contributed by atoms with van der Waals surface area (Å²) in [5.74, 6) is -0.879. The van der Waals surface area contributed by atoms with Crippen LogP contribution in [0.4, 0.5) is 0 Å². The van der Waals surface area contributed by atoms with Crippen LogP contribution in [0.15, 0.2) is 30.3 Å². The summed E-state index contributed by atoms with van der Waals surface area (Å²) in [5.41, 5.74) is 0.331. The van der Waals surface area contributed by atoms with Crippen LogP contribution in [0.2, 0.25) is 0 Å². The van der Waals surface area contributed by atoms with Crippen molar-refractivity contribution >= 4 is 16.1 Å². The van der Waals surface area contributed by atoms with Gasteiger partial charge in [0, 0.05) is 0 Å². The van der Waals surface area contributed by atoms with E-state index >= 15 is 0 Å². The van der Waals surface area contributed by atoms with Gasteiger partial charge in [-0.3, -0.25) is 4.18 Å². The molecule has 1 aromatic carbocycles. The Labute approximate surface area is 88.4 Å². The van der Waals surface area contributed by atoms with Crippen LogP contribution in [0.3, 0.4) is 0 Å². The van der Waals surface area contributed by atoms with Gasteiger partial charge in [-0.25, -0.2) is 4.79 Å². The Morgan fingerprint density at radius 2 is 1.67 bits per heavy atom. The van der Waals surface area contributed by atoms with Crippen LogP contribution < -0.4 is 0 Å². The summed E-state index contributed by atoms with van der Waals surface area (Å²) in [6.07, 6.45) is 0.993. The van der Waals surface area contributed by atoms with Gasteiger partial charge in [-0.15, -0.1) is 0 Å². The Morgan fingerprint density at radius 1 is 1.27 bits per heavy atom. The Morgan fingerprint density at radius 3 is 1.87 bits per heavy atom. The normalized spacial score (nSPS) is 10.0. The zero-order chi connectivity index (χ0) is 11.9. The molecule has 0 amide bonds. The highest BCUT2D eigenvalue weighted by Gasteiger charge is 1.96. The third-order valence-electron chi connectivity index (χ3n) is 1.32. The fraction of sp³-hybridized carbons (Fsp3) is 0.222. The van der Waals surface area contributed by atoms with Crippen molar-refractivity contribution < 1.29 is 22.5 Å². The largest absolute Gasteiger partial charge is 0.478 e. The van der Waals surface area contributed by atoms with E-state index in [9.17, 15) is 13.2 Å². The molecule has 15 heavy (non-hydrogen) atoms. The van der Waals surface area contributed by atoms with Crippen LogP contribution in [-0.2, 0) is 14.3 Å². The predicted octanol–water partition coefficient (Wildman–Crippen LogP) is 0.977. The number of carboxylic acids is 1. The first-order chi connectivity index (χ1) is 6.87. The zero-order valence-electron chi connectivity index (χ0n) is 8.38. The van der Waals surface area contributed by atoms with Crippen molar-refractivity contribution in [2.75, 3.05) is 13.4 Å². The zero-order valence-corrected chi connectivity index (χ0v) is 9.19. The maximum Gasteiger partial charge on any atom is 0.335 e. The average Bonchev–Trinajstić information content (AvgIpc) is 2.19. The summed E-state index contributed by atoms with van der Waals surface area (Å²) < 4.78 is 23.5. The molecule has 84 valence electrons. The molecule has 0 fully saturated rings. The second kappa shape index (κ2) is 6.15. The molecule has 0 atom stereocenters. The lowest BCUT2D eigenvalue weighted by Gasteiger charge is -1.88. The topological polar surface area (TPSA) is 80.7 Å². The van der Waals surface area contributed by atoms with Crippen LogP contribution in [0, 0.1) is 0 Å². The smallest absolute Gasteiger partial charge is 0.335 e. The molecule has 6 heteroatoms. The maximum absolute atomic E-state index is 10.2. The molecule has 0 saturated carbocycles. The molecule has 0 aliphatic carbocycles. The Kier molecular flexibility index (Phi) is 5.58. The summed E-state index contributed by atoms with van der Waals surface area (Å²) in [6, 6.07) is 8.30. The van der Waals surface area contributed by atoms with Gasteiger partial charge in [0.05, 0.1) is 18.9 Å². The third-order valence-corrected chi connectivity index (χ3v) is 1.93. The van der Waals surface area contributed by atoms with Crippen molar-refractivity contribution in [3.63, 3.8) is 0 Å². The van der Waals surface area contributed by atoms with Gasteiger partial charge >= 0.3 is 5.97 Å². The molecular weight excluding hydrogens is 220 g/mol. The van der Waals surface area contributed by atoms with E-state index in [1.165, 1.54) is 0 Å².